The average Bonchev–Trinajstić information content (AvgIpc) is 3.77. The molecule has 0 amide bonds. The Hall–Kier alpha value is -7.86. The van der Waals surface area contributed by atoms with Gasteiger partial charge in [-0.05, 0) is 90.0 Å². The van der Waals surface area contributed by atoms with Crippen molar-refractivity contribution in [3.63, 3.8) is 0 Å². The summed E-state index contributed by atoms with van der Waals surface area (Å²) in [5.74, 6) is 0. The molecule has 0 N–H and O–H groups in total. The van der Waals surface area contributed by atoms with Crippen LogP contribution in [0.5, 0.6) is 0 Å². The first kappa shape index (κ1) is 31.8. The third-order valence-corrected chi connectivity index (χ3v) is 10.5. The summed E-state index contributed by atoms with van der Waals surface area (Å²) in [5, 5.41) is 14.9. The van der Waals surface area contributed by atoms with Gasteiger partial charge in [-0.25, -0.2) is 4.85 Å². The fourth-order valence-corrected chi connectivity index (χ4v) is 8.16. The molecule has 0 saturated carbocycles. The molecule has 0 aliphatic carbocycles. The fourth-order valence-electron chi connectivity index (χ4n) is 8.16. The van der Waals surface area contributed by atoms with E-state index in [9.17, 15) is 5.26 Å². The molecule has 55 heavy (non-hydrogen) atoms. The van der Waals surface area contributed by atoms with Crippen LogP contribution in [0.25, 0.3) is 71.0 Å². The molecule has 0 unspecified atom stereocenters. The Bertz CT molecular complexity index is 3120. The van der Waals surface area contributed by atoms with Crippen LogP contribution in [0.15, 0.2) is 188 Å². The fraction of sp³-hybridized carbons (Fsp3) is 0. The van der Waals surface area contributed by atoms with Gasteiger partial charge in [0.15, 0.2) is 5.69 Å². The van der Waals surface area contributed by atoms with Gasteiger partial charge in [0.25, 0.3) is 0 Å². The Balaban J connectivity index is 1.30. The number of fused-ring (bicyclic) bond motifs is 6. The molecule has 5 nitrogen and oxygen atoms in total. The first-order chi connectivity index (χ1) is 27.2. The normalized spacial score (nSPS) is 11.2. The summed E-state index contributed by atoms with van der Waals surface area (Å²) >= 11 is 0. The molecular weight excluding hydrogens is 671 g/mol. The molecular formula is C50H31N5. The summed E-state index contributed by atoms with van der Waals surface area (Å²) in [7, 11) is 0. The second-order valence-corrected chi connectivity index (χ2v) is 13.6. The number of rotatable bonds is 6. The zero-order valence-corrected chi connectivity index (χ0v) is 29.6. The van der Waals surface area contributed by atoms with Crippen molar-refractivity contribution >= 4 is 66.4 Å². The van der Waals surface area contributed by atoms with Crippen molar-refractivity contribution in [2.24, 2.45) is 0 Å². The molecule has 0 spiro atoms. The van der Waals surface area contributed by atoms with Crippen molar-refractivity contribution < 1.29 is 0 Å². The van der Waals surface area contributed by atoms with Crippen LogP contribution in [0.2, 0.25) is 0 Å². The third-order valence-electron chi connectivity index (χ3n) is 10.5. The van der Waals surface area contributed by atoms with Gasteiger partial charge in [0.05, 0.1) is 39.9 Å². The van der Waals surface area contributed by atoms with E-state index in [1.807, 2.05) is 18.2 Å². The lowest BCUT2D eigenvalue weighted by molar-refractivity contribution is 1.17. The number of aromatic nitrogens is 2. The van der Waals surface area contributed by atoms with E-state index in [2.05, 4.69) is 183 Å². The van der Waals surface area contributed by atoms with Crippen molar-refractivity contribution in [1.82, 2.24) is 9.13 Å². The molecule has 2 aromatic heterocycles. The highest BCUT2D eigenvalue weighted by Crippen LogP contribution is 2.44. The SMILES string of the molecule is [C-]#[N+]c1ccc(C#N)c(-n2c3ccc(N(c4ccccc4)c4ccccc4)cc3c3c(-c4ccc5c6ccccc6n(-c6ccccc6)c5c4)cccc32)c1. The third kappa shape index (κ3) is 5.15. The number of anilines is 3. The molecule has 0 saturated heterocycles. The lowest BCUT2D eigenvalue weighted by atomic mass is 9.98. The van der Waals surface area contributed by atoms with E-state index in [4.69, 9.17) is 6.57 Å². The number of para-hydroxylation sites is 4. The monoisotopic (exact) mass is 701 g/mol. The molecule has 256 valence electrons. The van der Waals surface area contributed by atoms with E-state index in [0.717, 1.165) is 66.7 Å². The van der Waals surface area contributed by atoms with E-state index in [1.54, 1.807) is 12.1 Å². The summed E-state index contributed by atoms with van der Waals surface area (Å²) in [6.45, 7) is 7.82. The molecule has 0 aliphatic heterocycles. The van der Waals surface area contributed by atoms with Crippen LogP contribution in [0.3, 0.4) is 0 Å². The van der Waals surface area contributed by atoms with Gasteiger partial charge in [-0.2, -0.15) is 5.26 Å². The lowest BCUT2D eigenvalue weighted by Crippen LogP contribution is -2.09. The highest BCUT2D eigenvalue weighted by atomic mass is 15.1. The van der Waals surface area contributed by atoms with Gasteiger partial charge >= 0.3 is 0 Å². The van der Waals surface area contributed by atoms with Crippen LogP contribution < -0.4 is 4.90 Å². The van der Waals surface area contributed by atoms with Crippen LogP contribution in [-0.2, 0) is 0 Å². The Morgan fingerprint density at radius 1 is 0.491 bits per heavy atom. The van der Waals surface area contributed by atoms with Crippen LogP contribution in [0, 0.1) is 17.9 Å². The van der Waals surface area contributed by atoms with Gasteiger partial charge in [-0.1, -0.05) is 109 Å². The molecule has 2 heterocycles. The summed E-state index contributed by atoms with van der Waals surface area (Å²) in [6, 6.07) is 67.4. The van der Waals surface area contributed by atoms with Crippen LogP contribution in [-0.4, -0.2) is 9.13 Å². The zero-order valence-electron chi connectivity index (χ0n) is 29.6. The predicted octanol–water partition coefficient (Wildman–Crippen LogP) is 13.4. The van der Waals surface area contributed by atoms with Gasteiger partial charge in [-0.3, -0.25) is 0 Å². The average molecular weight is 702 g/mol. The van der Waals surface area contributed by atoms with Crippen molar-refractivity contribution in [3.05, 3.63) is 205 Å². The summed E-state index contributed by atoms with van der Waals surface area (Å²) in [5.41, 5.74) is 12.2. The highest BCUT2D eigenvalue weighted by molar-refractivity contribution is 6.18. The second kappa shape index (κ2) is 13.0. The highest BCUT2D eigenvalue weighted by Gasteiger charge is 2.22. The van der Waals surface area contributed by atoms with E-state index >= 15 is 0 Å². The summed E-state index contributed by atoms with van der Waals surface area (Å²) in [4.78, 5) is 6.02. The van der Waals surface area contributed by atoms with Crippen molar-refractivity contribution in [3.8, 4) is 28.6 Å². The molecule has 0 atom stereocenters. The van der Waals surface area contributed by atoms with Crippen molar-refractivity contribution in [2.75, 3.05) is 4.90 Å². The molecule has 0 fully saturated rings. The van der Waals surface area contributed by atoms with Gasteiger partial charge in [0.1, 0.15) is 6.07 Å². The van der Waals surface area contributed by atoms with Crippen molar-refractivity contribution in [2.45, 2.75) is 0 Å². The maximum atomic E-state index is 10.4. The van der Waals surface area contributed by atoms with E-state index in [0.29, 0.717) is 16.9 Å². The lowest BCUT2D eigenvalue weighted by Gasteiger charge is -2.25. The largest absolute Gasteiger partial charge is 0.310 e. The minimum atomic E-state index is 0.482. The zero-order chi connectivity index (χ0) is 36.9. The molecule has 0 bridgehead atoms. The first-order valence-corrected chi connectivity index (χ1v) is 18.2. The number of benzene rings is 8. The number of hydrogen-bond donors (Lipinski definition) is 0. The molecule has 8 aromatic carbocycles. The first-order valence-electron chi connectivity index (χ1n) is 18.2. The number of hydrogen-bond acceptors (Lipinski definition) is 2. The number of nitrogens with zero attached hydrogens (tertiary/aromatic N) is 5. The predicted molar refractivity (Wildman–Crippen MR) is 226 cm³/mol. The summed E-state index contributed by atoms with van der Waals surface area (Å²) in [6.07, 6.45) is 0. The van der Waals surface area contributed by atoms with E-state index in [-0.39, 0.29) is 0 Å². The molecule has 0 radical (unpaired) electrons. The topological polar surface area (TPSA) is 41.2 Å². The summed E-state index contributed by atoms with van der Waals surface area (Å²) < 4.78 is 4.50. The Morgan fingerprint density at radius 3 is 1.87 bits per heavy atom. The van der Waals surface area contributed by atoms with Crippen LogP contribution in [0.4, 0.5) is 22.7 Å². The van der Waals surface area contributed by atoms with Crippen molar-refractivity contribution in [1.29, 1.82) is 5.26 Å². The van der Waals surface area contributed by atoms with Gasteiger partial charge < -0.3 is 14.0 Å². The van der Waals surface area contributed by atoms with Crippen LogP contribution in [0.1, 0.15) is 5.56 Å². The number of nitriles is 1. The van der Waals surface area contributed by atoms with Gasteiger partial charge in [0.2, 0.25) is 0 Å². The van der Waals surface area contributed by atoms with Gasteiger partial charge in [0, 0.05) is 44.3 Å². The quantitative estimate of drug-likeness (QED) is 0.162. The molecule has 10 aromatic rings. The molecule has 10 rings (SSSR count). The second-order valence-electron chi connectivity index (χ2n) is 13.6. The molecule has 5 heteroatoms. The van der Waals surface area contributed by atoms with E-state index < -0.39 is 0 Å². The van der Waals surface area contributed by atoms with E-state index in [1.165, 1.54) is 10.8 Å². The Morgan fingerprint density at radius 2 is 1.15 bits per heavy atom. The minimum Gasteiger partial charge on any atom is -0.310 e. The van der Waals surface area contributed by atoms with Gasteiger partial charge in [-0.15, -0.1) is 0 Å². The maximum Gasteiger partial charge on any atom is 0.189 e. The standard InChI is InChI=1S/C50H31N5/c1-52-36-26-24-35(33-51)48(31-36)55-46-29-27-40(53(37-14-5-2-6-15-37)38-16-7-3-8-17-38)32-44(46)50-41(21-13-23-47(50)55)34-25-28-43-42-20-11-12-22-45(42)54(49(43)30-34)39-18-9-4-10-19-39/h2-32H. The van der Waals surface area contributed by atoms with Crippen LogP contribution >= 0.6 is 0 Å². The Kier molecular flexibility index (Phi) is 7.51. The maximum absolute atomic E-state index is 10.4. The molecule has 0 aliphatic rings. The Labute approximate surface area is 318 Å². The minimum absolute atomic E-state index is 0.482. The smallest absolute Gasteiger partial charge is 0.189 e.